The van der Waals surface area contributed by atoms with E-state index in [9.17, 15) is 9.59 Å². The minimum absolute atomic E-state index is 0.363. The molecule has 0 aliphatic carbocycles. The molecule has 3 rings (SSSR count). The molecule has 4 nitrogen and oxygen atoms in total. The van der Waals surface area contributed by atoms with Crippen LogP contribution in [0, 0.1) is 0 Å². The zero-order valence-electron chi connectivity index (χ0n) is 14.4. The fourth-order valence-electron chi connectivity index (χ4n) is 2.54. The number of halogens is 1. The lowest BCUT2D eigenvalue weighted by Gasteiger charge is -2.18. The summed E-state index contributed by atoms with van der Waals surface area (Å²) in [7, 11) is 0. The summed E-state index contributed by atoms with van der Waals surface area (Å²) < 4.78 is 5.50. The first-order valence-corrected chi connectivity index (χ1v) is 9.71. The zero-order valence-corrected chi connectivity index (χ0v) is 16.0. The number of esters is 1. The van der Waals surface area contributed by atoms with Crippen LogP contribution in [0.5, 0.6) is 0 Å². The Hall–Kier alpha value is -2.63. The third-order valence-corrected chi connectivity index (χ3v) is 5.02. The van der Waals surface area contributed by atoms with E-state index < -0.39 is 12.1 Å². The second-order valence-corrected chi connectivity index (χ2v) is 7.22. The quantitative estimate of drug-likeness (QED) is 0.588. The largest absolute Gasteiger partial charge is 0.443 e. The zero-order chi connectivity index (χ0) is 19.1. The van der Waals surface area contributed by atoms with Crippen molar-refractivity contribution in [1.82, 2.24) is 5.32 Å². The summed E-state index contributed by atoms with van der Waals surface area (Å²) in [5.41, 5.74) is 1.69. The van der Waals surface area contributed by atoms with Crippen LogP contribution in [0.4, 0.5) is 0 Å². The first-order chi connectivity index (χ1) is 13.1. The maximum atomic E-state index is 12.7. The summed E-state index contributed by atoms with van der Waals surface area (Å²) in [6, 6.07) is 20.0. The number of nitrogens with one attached hydrogen (secondary N) is 1. The highest BCUT2D eigenvalue weighted by Gasteiger charge is 2.25. The van der Waals surface area contributed by atoms with E-state index in [1.165, 1.54) is 11.3 Å². The van der Waals surface area contributed by atoms with Crippen LogP contribution in [0.15, 0.2) is 72.1 Å². The van der Waals surface area contributed by atoms with Crippen molar-refractivity contribution in [3.05, 3.63) is 93.1 Å². The van der Waals surface area contributed by atoms with Gasteiger partial charge in [0.25, 0.3) is 5.91 Å². The van der Waals surface area contributed by atoms with Crippen LogP contribution in [0.25, 0.3) is 0 Å². The fourth-order valence-corrected chi connectivity index (χ4v) is 3.27. The predicted molar refractivity (Wildman–Crippen MR) is 107 cm³/mol. The summed E-state index contributed by atoms with van der Waals surface area (Å²) in [6.07, 6.45) is -0.341. The van der Waals surface area contributed by atoms with E-state index in [-0.39, 0.29) is 5.91 Å². The molecular weight excluding hydrogens is 382 g/mol. The molecule has 1 heterocycles. The third-order valence-electron chi connectivity index (χ3n) is 3.91. The van der Waals surface area contributed by atoms with Gasteiger partial charge in [0, 0.05) is 17.1 Å². The molecule has 6 heteroatoms. The Morgan fingerprint density at radius 2 is 1.74 bits per heavy atom. The number of carbonyl (C=O) groups is 2. The van der Waals surface area contributed by atoms with Crippen LogP contribution in [-0.2, 0) is 16.0 Å². The van der Waals surface area contributed by atoms with Crippen molar-refractivity contribution in [1.29, 1.82) is 0 Å². The Bertz CT molecular complexity index is 880. The fraction of sp³-hybridized carbons (Fsp3) is 0.143. The van der Waals surface area contributed by atoms with Crippen molar-refractivity contribution in [2.24, 2.45) is 0 Å². The maximum Gasteiger partial charge on any atom is 0.349 e. The van der Waals surface area contributed by atoms with Crippen LogP contribution in [0.3, 0.4) is 0 Å². The number of carbonyl (C=O) groups excluding carboxylic acids is 2. The molecule has 0 radical (unpaired) electrons. The third kappa shape index (κ3) is 5.42. The van der Waals surface area contributed by atoms with Gasteiger partial charge in [0.2, 0.25) is 6.10 Å². The van der Waals surface area contributed by atoms with E-state index >= 15 is 0 Å². The van der Waals surface area contributed by atoms with Crippen LogP contribution in [-0.4, -0.2) is 18.4 Å². The molecule has 0 unspecified atom stereocenters. The summed E-state index contributed by atoms with van der Waals surface area (Å²) in [6.45, 7) is 0.448. The number of hydrogen-bond acceptors (Lipinski definition) is 4. The Labute approximate surface area is 166 Å². The van der Waals surface area contributed by atoms with Crippen LogP contribution >= 0.6 is 22.9 Å². The SMILES string of the molecule is O=C(O[C@H](C(=O)NCCc1ccccc1)c1ccc(Cl)cc1)c1cccs1. The van der Waals surface area contributed by atoms with E-state index in [0.29, 0.717) is 28.4 Å². The van der Waals surface area contributed by atoms with Gasteiger partial charge in [-0.2, -0.15) is 0 Å². The number of benzene rings is 2. The molecule has 138 valence electrons. The molecule has 27 heavy (non-hydrogen) atoms. The molecule has 0 fully saturated rings. The number of amides is 1. The van der Waals surface area contributed by atoms with Crippen molar-refractivity contribution in [3.8, 4) is 0 Å². The Morgan fingerprint density at radius 1 is 1.00 bits per heavy atom. The van der Waals surface area contributed by atoms with Crippen LogP contribution in [0.2, 0.25) is 5.02 Å². The smallest absolute Gasteiger partial charge is 0.349 e. The minimum Gasteiger partial charge on any atom is -0.443 e. The van der Waals surface area contributed by atoms with E-state index in [1.54, 1.807) is 41.8 Å². The van der Waals surface area contributed by atoms with Gasteiger partial charge >= 0.3 is 5.97 Å². The lowest BCUT2D eigenvalue weighted by molar-refractivity contribution is -0.130. The molecule has 2 aromatic carbocycles. The molecule has 1 atom stereocenters. The number of ether oxygens (including phenoxy) is 1. The lowest BCUT2D eigenvalue weighted by Crippen LogP contribution is -2.33. The Morgan fingerprint density at radius 3 is 2.41 bits per heavy atom. The predicted octanol–water partition coefficient (Wildman–Crippen LogP) is 4.66. The summed E-state index contributed by atoms with van der Waals surface area (Å²) >= 11 is 7.20. The monoisotopic (exact) mass is 399 g/mol. The average molecular weight is 400 g/mol. The minimum atomic E-state index is -1.03. The molecular formula is C21H18ClNO3S. The van der Waals surface area contributed by atoms with E-state index in [0.717, 1.165) is 5.56 Å². The van der Waals surface area contributed by atoms with Gasteiger partial charge < -0.3 is 10.1 Å². The molecule has 0 bridgehead atoms. The second-order valence-electron chi connectivity index (χ2n) is 5.84. The van der Waals surface area contributed by atoms with Gasteiger partial charge in [-0.1, -0.05) is 60.1 Å². The van der Waals surface area contributed by atoms with Gasteiger partial charge in [0.1, 0.15) is 4.88 Å². The highest BCUT2D eigenvalue weighted by Crippen LogP contribution is 2.23. The molecule has 1 aromatic heterocycles. The van der Waals surface area contributed by atoms with Crippen molar-refractivity contribution in [2.75, 3.05) is 6.54 Å². The van der Waals surface area contributed by atoms with Gasteiger partial charge in [0.05, 0.1) is 0 Å². The second kappa shape index (κ2) is 9.35. The van der Waals surface area contributed by atoms with Crippen molar-refractivity contribution < 1.29 is 14.3 Å². The van der Waals surface area contributed by atoms with Crippen LogP contribution in [0.1, 0.15) is 26.9 Å². The maximum absolute atomic E-state index is 12.7. The topological polar surface area (TPSA) is 55.4 Å². The Balaban J connectivity index is 1.69. The normalized spacial score (nSPS) is 11.6. The van der Waals surface area contributed by atoms with Gasteiger partial charge in [-0.15, -0.1) is 11.3 Å². The molecule has 0 spiro atoms. The molecule has 0 aliphatic heterocycles. The summed E-state index contributed by atoms with van der Waals surface area (Å²) in [5.74, 6) is -0.888. The average Bonchev–Trinajstić information content (AvgIpc) is 3.22. The molecule has 1 amide bonds. The first kappa shape index (κ1) is 19.1. The number of hydrogen-bond donors (Lipinski definition) is 1. The van der Waals surface area contributed by atoms with E-state index in [2.05, 4.69) is 5.32 Å². The first-order valence-electron chi connectivity index (χ1n) is 8.45. The lowest BCUT2D eigenvalue weighted by atomic mass is 10.1. The van der Waals surface area contributed by atoms with Crippen molar-refractivity contribution in [2.45, 2.75) is 12.5 Å². The Kier molecular flexibility index (Phi) is 6.63. The molecule has 0 aliphatic rings. The van der Waals surface area contributed by atoms with Gasteiger partial charge in [-0.25, -0.2) is 4.79 Å². The van der Waals surface area contributed by atoms with E-state index in [4.69, 9.17) is 16.3 Å². The summed E-state index contributed by atoms with van der Waals surface area (Å²) in [5, 5.41) is 5.18. The molecule has 3 aromatic rings. The van der Waals surface area contributed by atoms with Gasteiger partial charge in [0.15, 0.2) is 0 Å². The van der Waals surface area contributed by atoms with Crippen molar-refractivity contribution in [3.63, 3.8) is 0 Å². The van der Waals surface area contributed by atoms with Crippen LogP contribution < -0.4 is 5.32 Å². The van der Waals surface area contributed by atoms with Crippen molar-refractivity contribution >= 4 is 34.8 Å². The van der Waals surface area contributed by atoms with E-state index in [1.807, 2.05) is 30.3 Å². The highest BCUT2D eigenvalue weighted by atomic mass is 35.5. The number of thiophene rings is 1. The molecule has 0 saturated heterocycles. The number of rotatable bonds is 7. The molecule has 1 N–H and O–H groups in total. The summed E-state index contributed by atoms with van der Waals surface area (Å²) in [4.78, 5) is 25.5. The standard InChI is InChI=1S/C21H18ClNO3S/c22-17-10-8-16(9-11-17)19(26-21(25)18-7-4-14-27-18)20(24)23-13-12-15-5-2-1-3-6-15/h1-11,14,19H,12-13H2,(H,23,24)/t19-/m0/s1. The van der Waals surface area contributed by atoms with Gasteiger partial charge in [-0.05, 0) is 35.6 Å². The molecule has 0 saturated carbocycles. The highest BCUT2D eigenvalue weighted by molar-refractivity contribution is 7.11. The van der Waals surface area contributed by atoms with Gasteiger partial charge in [-0.3, -0.25) is 4.79 Å².